The molecule has 2 unspecified atom stereocenters. The molecule has 13 nitrogen and oxygen atoms in total. The molecule has 4 rings (SSSR count). The minimum atomic E-state index is -2.92. The second kappa shape index (κ2) is 6.65. The maximum atomic E-state index is 13.4. The van der Waals surface area contributed by atoms with E-state index in [2.05, 4.69) is 0 Å². The highest BCUT2D eigenvalue weighted by Gasteiger charge is 2.69. The van der Waals surface area contributed by atoms with Crippen molar-refractivity contribution in [2.24, 2.45) is 29.4 Å². The smallest absolute Gasteiger partial charge is 0.313 e. The Bertz CT molecular complexity index is 1200. The largest absolute Gasteiger partial charge is 0.502 e. The molecule has 13 heteroatoms. The minimum Gasteiger partial charge on any atom is -0.502 e. The van der Waals surface area contributed by atoms with Gasteiger partial charge in [-0.2, -0.15) is 0 Å². The van der Waals surface area contributed by atoms with Crippen molar-refractivity contribution in [3.05, 3.63) is 27.3 Å². The molecule has 1 amide bonds. The van der Waals surface area contributed by atoms with Crippen LogP contribution in [0.4, 0.5) is 11.4 Å². The second-order valence-corrected chi connectivity index (χ2v) is 8.87. The van der Waals surface area contributed by atoms with Gasteiger partial charge in [-0.25, -0.2) is 0 Å². The number of nitrogen functional groups attached to an aromatic ring is 1. The summed E-state index contributed by atoms with van der Waals surface area (Å²) in [4.78, 5) is 73.9. The van der Waals surface area contributed by atoms with Gasteiger partial charge in [0.15, 0.2) is 34.7 Å². The van der Waals surface area contributed by atoms with E-state index in [1.165, 1.54) is 6.92 Å². The minimum absolute atomic E-state index is 0.335. The van der Waals surface area contributed by atoms with E-state index in [4.69, 9.17) is 11.5 Å². The van der Waals surface area contributed by atoms with Crippen LogP contribution in [0.2, 0.25) is 0 Å². The fourth-order valence-corrected chi connectivity index (χ4v) is 5.60. The first-order valence-electron chi connectivity index (χ1n) is 9.87. The van der Waals surface area contributed by atoms with Gasteiger partial charge in [0, 0.05) is 35.6 Å². The Morgan fingerprint density at radius 3 is 2.36 bits per heavy atom. The number of phenolic OH excluding ortho intramolecular Hbond substituents is 1. The summed E-state index contributed by atoms with van der Waals surface area (Å²) in [5.41, 5.74) is 3.51. The van der Waals surface area contributed by atoms with Crippen LogP contribution in [0.15, 0.2) is 6.07 Å². The maximum Gasteiger partial charge on any atom is 0.313 e. The number of hydrogen-bond donors (Lipinski definition) is 5. The molecule has 174 valence electrons. The third-order valence-corrected chi connectivity index (χ3v) is 7.15. The number of primary amides is 1. The van der Waals surface area contributed by atoms with E-state index in [9.17, 15) is 49.4 Å². The van der Waals surface area contributed by atoms with Crippen molar-refractivity contribution in [1.29, 1.82) is 0 Å². The zero-order valence-electron chi connectivity index (χ0n) is 17.1. The number of nitrogens with zero attached hydrogens (tertiary/aromatic N) is 1. The first-order chi connectivity index (χ1) is 15.2. The van der Waals surface area contributed by atoms with E-state index in [0.717, 1.165) is 6.07 Å². The lowest BCUT2D eigenvalue weighted by Crippen LogP contribution is -2.70. The Labute approximate surface area is 184 Å². The van der Waals surface area contributed by atoms with Crippen molar-refractivity contribution >= 4 is 40.4 Å². The number of carbonyl (C=O) groups is 5. The number of fused-ring (bicyclic) bond motifs is 3. The summed E-state index contributed by atoms with van der Waals surface area (Å²) in [6.45, 7) is 1.17. The number of benzene rings is 1. The van der Waals surface area contributed by atoms with E-state index >= 15 is 0 Å². The molecule has 3 aliphatic rings. The summed E-state index contributed by atoms with van der Waals surface area (Å²) in [6, 6.07) is 0.766. The molecule has 33 heavy (non-hydrogen) atoms. The molecule has 0 saturated heterocycles. The number of anilines is 1. The summed E-state index contributed by atoms with van der Waals surface area (Å²) in [5, 5.41) is 44.2. The lowest BCUT2D eigenvalue weighted by molar-refractivity contribution is -0.385. The van der Waals surface area contributed by atoms with Gasteiger partial charge >= 0.3 is 5.69 Å². The number of carbonyl (C=O) groups excluding carboxylic acids is 5. The molecule has 6 atom stereocenters. The summed E-state index contributed by atoms with van der Waals surface area (Å²) in [5.74, 6) is -14.0. The summed E-state index contributed by atoms with van der Waals surface area (Å²) >= 11 is 0. The summed E-state index contributed by atoms with van der Waals surface area (Å²) < 4.78 is 0. The van der Waals surface area contributed by atoms with Crippen LogP contribution in [0.3, 0.4) is 0 Å². The van der Waals surface area contributed by atoms with Crippen LogP contribution in [-0.2, 0) is 24.8 Å². The maximum absolute atomic E-state index is 13.4. The van der Waals surface area contributed by atoms with E-state index < -0.39 is 92.3 Å². The van der Waals surface area contributed by atoms with Crippen molar-refractivity contribution in [3.8, 4) is 5.75 Å². The molecule has 0 bridgehead atoms. The van der Waals surface area contributed by atoms with E-state index in [0.29, 0.717) is 0 Å². The highest BCUT2D eigenvalue weighted by Crippen LogP contribution is 2.57. The standard InChI is InChI=1S/C20H19N3O10/c1-19(30)6-2-5-3-9(24)11(18(22)29)17(28)20(5,31)16(27)10(6)15(26)12-13(19)7(21)4-8(14(12)25)23(32)33/h4-6,10-11,25,30-31H,2-3,21H2,1H3,(H2,22,29)/t5-,6-,10?,11?,19+,20-/m0/s1. The first kappa shape index (κ1) is 22.5. The van der Waals surface area contributed by atoms with Crippen molar-refractivity contribution < 1.29 is 44.2 Å². The molecule has 0 spiro atoms. The highest BCUT2D eigenvalue weighted by atomic mass is 16.6. The molecule has 2 fully saturated rings. The zero-order chi connectivity index (χ0) is 24.8. The van der Waals surface area contributed by atoms with Crippen molar-refractivity contribution in [2.75, 3.05) is 5.73 Å². The van der Waals surface area contributed by atoms with Gasteiger partial charge in [0.25, 0.3) is 0 Å². The average Bonchev–Trinajstić information content (AvgIpc) is 2.69. The van der Waals surface area contributed by atoms with Crippen LogP contribution in [0.1, 0.15) is 35.7 Å². The SMILES string of the molecule is C[C@]1(O)c2c(N)cc([N+](=O)[O-])c(O)c2C(=O)C2C(=O)[C@]3(O)C(=O)C(C(N)=O)C(=O)C[C@@H]3C[C@@H]21. The number of ketones is 4. The molecule has 0 heterocycles. The van der Waals surface area contributed by atoms with Gasteiger partial charge in [-0.05, 0) is 13.3 Å². The number of Topliss-reactive ketones (excluding diaryl/α,β-unsaturated/α-hetero) is 4. The number of hydrogen-bond acceptors (Lipinski definition) is 11. The van der Waals surface area contributed by atoms with E-state index in [-0.39, 0.29) is 17.7 Å². The number of phenols is 1. The normalized spacial score (nSPS) is 35.5. The fourth-order valence-electron chi connectivity index (χ4n) is 5.60. The van der Waals surface area contributed by atoms with Gasteiger partial charge in [-0.15, -0.1) is 0 Å². The van der Waals surface area contributed by atoms with Gasteiger partial charge in [-0.3, -0.25) is 34.1 Å². The van der Waals surface area contributed by atoms with Crippen LogP contribution in [0.5, 0.6) is 5.75 Å². The van der Waals surface area contributed by atoms with Crippen LogP contribution in [0, 0.1) is 33.8 Å². The van der Waals surface area contributed by atoms with Gasteiger partial charge in [0.2, 0.25) is 11.7 Å². The lowest BCUT2D eigenvalue weighted by Gasteiger charge is -2.52. The zero-order valence-corrected chi connectivity index (χ0v) is 17.1. The van der Waals surface area contributed by atoms with Gasteiger partial charge in [-0.1, -0.05) is 0 Å². The molecule has 1 aromatic rings. The third-order valence-electron chi connectivity index (χ3n) is 7.15. The van der Waals surface area contributed by atoms with E-state index in [1.54, 1.807) is 0 Å². The molecule has 1 aromatic carbocycles. The highest BCUT2D eigenvalue weighted by molar-refractivity contribution is 6.31. The number of aliphatic hydroxyl groups is 2. The van der Waals surface area contributed by atoms with Gasteiger partial charge < -0.3 is 26.8 Å². The van der Waals surface area contributed by atoms with Crippen molar-refractivity contribution in [1.82, 2.24) is 0 Å². The number of rotatable bonds is 2. The molecule has 0 aliphatic heterocycles. The predicted molar refractivity (Wildman–Crippen MR) is 105 cm³/mol. The third kappa shape index (κ3) is 2.63. The Morgan fingerprint density at radius 2 is 1.82 bits per heavy atom. The molecule has 3 aliphatic carbocycles. The fraction of sp³-hybridized carbons (Fsp3) is 0.450. The molecule has 0 radical (unpaired) electrons. The Balaban J connectivity index is 1.94. The van der Waals surface area contributed by atoms with Crippen LogP contribution in [0.25, 0.3) is 0 Å². The molecule has 2 saturated carbocycles. The summed E-state index contributed by atoms with van der Waals surface area (Å²) in [7, 11) is 0. The van der Waals surface area contributed by atoms with Crippen LogP contribution >= 0.6 is 0 Å². The van der Waals surface area contributed by atoms with Crippen LogP contribution in [-0.4, -0.2) is 54.9 Å². The first-order valence-corrected chi connectivity index (χ1v) is 9.87. The Hall–Kier alpha value is -3.71. The molecule has 7 N–H and O–H groups in total. The molecular formula is C20H19N3O10. The van der Waals surface area contributed by atoms with E-state index in [1.807, 2.05) is 0 Å². The van der Waals surface area contributed by atoms with Gasteiger partial charge in [0.1, 0.15) is 0 Å². The van der Waals surface area contributed by atoms with Crippen molar-refractivity contribution in [3.63, 3.8) is 0 Å². The lowest BCUT2D eigenvalue weighted by atomic mass is 9.50. The van der Waals surface area contributed by atoms with Crippen molar-refractivity contribution in [2.45, 2.75) is 31.0 Å². The number of nitro groups is 1. The van der Waals surface area contributed by atoms with Crippen LogP contribution < -0.4 is 11.5 Å². The molecule has 0 aromatic heterocycles. The van der Waals surface area contributed by atoms with Gasteiger partial charge in [0.05, 0.1) is 22.0 Å². The second-order valence-electron chi connectivity index (χ2n) is 8.87. The number of aromatic hydroxyl groups is 1. The Morgan fingerprint density at radius 1 is 1.21 bits per heavy atom. The Kier molecular flexibility index (Phi) is 4.53. The predicted octanol–water partition coefficient (Wildman–Crippen LogP) is -1.52. The number of nitro benzene ring substituents is 1. The quantitative estimate of drug-likeness (QED) is 0.111. The molecular weight excluding hydrogens is 442 g/mol. The number of amides is 1. The number of nitrogens with two attached hydrogens (primary N) is 2. The average molecular weight is 461 g/mol. The topological polar surface area (TPSA) is 241 Å². The summed E-state index contributed by atoms with van der Waals surface area (Å²) in [6.07, 6.45) is -0.950. The monoisotopic (exact) mass is 461 g/mol.